The highest BCUT2D eigenvalue weighted by Crippen LogP contribution is 2.29. The summed E-state index contributed by atoms with van der Waals surface area (Å²) in [5, 5.41) is 4.40. The zero-order chi connectivity index (χ0) is 15.6. The van der Waals surface area contributed by atoms with Crippen LogP contribution in [0.5, 0.6) is 0 Å². The number of aryl methyl sites for hydroxylation is 1. The monoisotopic (exact) mass is 295 g/mol. The molecule has 2 heterocycles. The summed E-state index contributed by atoms with van der Waals surface area (Å²) in [6.07, 6.45) is 2.51. The average molecular weight is 295 g/mol. The standard InChI is InChI=1S/C14H25N5O2/c1-14(2,3)21-13(20)19-8-5-10(9-19)12(16-15)11-6-7-18(4)17-11/h6-7,10,12,16H,5,8-9,15H2,1-4H3. The molecule has 1 aliphatic heterocycles. The topological polar surface area (TPSA) is 85.4 Å². The van der Waals surface area contributed by atoms with E-state index in [1.165, 1.54) is 0 Å². The number of nitrogens with zero attached hydrogens (tertiary/aromatic N) is 3. The molecule has 1 aliphatic rings. The van der Waals surface area contributed by atoms with E-state index in [0.29, 0.717) is 13.1 Å². The van der Waals surface area contributed by atoms with Gasteiger partial charge in [-0.3, -0.25) is 16.0 Å². The number of hydrogen-bond donors (Lipinski definition) is 2. The number of ether oxygens (including phenoxy) is 1. The second-order valence-electron chi connectivity index (χ2n) is 6.53. The Bertz CT molecular complexity index is 494. The fraction of sp³-hybridized carbons (Fsp3) is 0.714. The van der Waals surface area contributed by atoms with E-state index in [9.17, 15) is 4.79 Å². The van der Waals surface area contributed by atoms with E-state index >= 15 is 0 Å². The van der Waals surface area contributed by atoms with Gasteiger partial charge in [0.05, 0.1) is 11.7 Å². The van der Waals surface area contributed by atoms with E-state index in [1.807, 2.05) is 40.1 Å². The molecule has 1 aromatic heterocycles. The van der Waals surface area contributed by atoms with Crippen LogP contribution in [0.25, 0.3) is 0 Å². The van der Waals surface area contributed by atoms with Crippen LogP contribution in [-0.4, -0.2) is 39.5 Å². The van der Waals surface area contributed by atoms with Gasteiger partial charge >= 0.3 is 6.09 Å². The Balaban J connectivity index is 1.99. The fourth-order valence-electron chi connectivity index (χ4n) is 2.61. The maximum absolute atomic E-state index is 12.1. The molecule has 1 saturated heterocycles. The summed E-state index contributed by atoms with van der Waals surface area (Å²) in [6.45, 7) is 6.93. The van der Waals surface area contributed by atoms with Gasteiger partial charge in [-0.1, -0.05) is 0 Å². The molecule has 2 unspecified atom stereocenters. The van der Waals surface area contributed by atoms with Gasteiger partial charge in [0.2, 0.25) is 0 Å². The number of aromatic nitrogens is 2. The Morgan fingerprint density at radius 1 is 1.57 bits per heavy atom. The van der Waals surface area contributed by atoms with Gasteiger partial charge < -0.3 is 9.64 Å². The number of carbonyl (C=O) groups is 1. The first-order valence-corrected chi connectivity index (χ1v) is 7.24. The second kappa shape index (κ2) is 6.03. The van der Waals surface area contributed by atoms with Gasteiger partial charge in [-0.2, -0.15) is 5.10 Å². The molecular weight excluding hydrogens is 270 g/mol. The predicted octanol–water partition coefficient (Wildman–Crippen LogP) is 1.18. The first-order chi connectivity index (χ1) is 9.80. The third-order valence-electron chi connectivity index (χ3n) is 3.58. The van der Waals surface area contributed by atoms with Crippen molar-refractivity contribution in [2.75, 3.05) is 13.1 Å². The second-order valence-corrected chi connectivity index (χ2v) is 6.53. The van der Waals surface area contributed by atoms with Crippen LogP contribution in [0.2, 0.25) is 0 Å². The number of hydrogen-bond acceptors (Lipinski definition) is 5. The van der Waals surface area contributed by atoms with Crippen molar-refractivity contribution in [1.82, 2.24) is 20.1 Å². The van der Waals surface area contributed by atoms with Gasteiger partial charge in [0.15, 0.2) is 0 Å². The van der Waals surface area contributed by atoms with Gasteiger partial charge in [-0.05, 0) is 33.3 Å². The van der Waals surface area contributed by atoms with Crippen LogP contribution in [0.4, 0.5) is 4.79 Å². The first-order valence-electron chi connectivity index (χ1n) is 7.24. The Morgan fingerprint density at radius 2 is 2.29 bits per heavy atom. The molecule has 0 aliphatic carbocycles. The predicted molar refractivity (Wildman–Crippen MR) is 79.2 cm³/mol. The molecule has 0 saturated carbocycles. The van der Waals surface area contributed by atoms with Crippen LogP contribution in [0, 0.1) is 5.92 Å². The van der Waals surface area contributed by atoms with Gasteiger partial charge in [0.25, 0.3) is 0 Å². The molecule has 1 amide bonds. The summed E-state index contributed by atoms with van der Waals surface area (Å²) < 4.78 is 7.16. The number of rotatable bonds is 3. The molecule has 7 nitrogen and oxygen atoms in total. The van der Waals surface area contributed by atoms with Gasteiger partial charge in [0.1, 0.15) is 5.60 Å². The van der Waals surface area contributed by atoms with Crippen molar-refractivity contribution in [2.24, 2.45) is 18.8 Å². The molecule has 2 rings (SSSR count). The van der Waals surface area contributed by atoms with Gasteiger partial charge in [0, 0.05) is 32.3 Å². The van der Waals surface area contributed by atoms with Crippen molar-refractivity contribution in [2.45, 2.75) is 38.8 Å². The third-order valence-corrected chi connectivity index (χ3v) is 3.58. The molecule has 1 aromatic rings. The number of nitrogens with one attached hydrogen (secondary N) is 1. The highest BCUT2D eigenvalue weighted by Gasteiger charge is 2.35. The minimum atomic E-state index is -0.471. The molecule has 0 radical (unpaired) electrons. The van der Waals surface area contributed by atoms with Crippen LogP contribution in [0.15, 0.2) is 12.3 Å². The minimum Gasteiger partial charge on any atom is -0.444 e. The molecule has 0 bridgehead atoms. The third kappa shape index (κ3) is 3.95. The lowest BCUT2D eigenvalue weighted by Gasteiger charge is -2.25. The molecule has 1 fully saturated rings. The highest BCUT2D eigenvalue weighted by atomic mass is 16.6. The summed E-state index contributed by atoms with van der Waals surface area (Å²) in [5.41, 5.74) is 3.26. The van der Waals surface area contributed by atoms with E-state index in [2.05, 4.69) is 10.5 Å². The lowest BCUT2D eigenvalue weighted by Crippen LogP contribution is -2.38. The quantitative estimate of drug-likeness (QED) is 0.646. The average Bonchev–Trinajstić information content (AvgIpc) is 2.98. The maximum atomic E-state index is 12.1. The molecular formula is C14H25N5O2. The highest BCUT2D eigenvalue weighted by molar-refractivity contribution is 5.68. The molecule has 2 atom stereocenters. The summed E-state index contributed by atoms with van der Waals surface area (Å²) >= 11 is 0. The number of carbonyl (C=O) groups excluding carboxylic acids is 1. The van der Waals surface area contributed by atoms with E-state index < -0.39 is 5.60 Å². The Labute approximate surface area is 125 Å². The van der Waals surface area contributed by atoms with Crippen LogP contribution < -0.4 is 11.3 Å². The van der Waals surface area contributed by atoms with Crippen LogP contribution in [0.3, 0.4) is 0 Å². The van der Waals surface area contributed by atoms with Crippen molar-refractivity contribution >= 4 is 6.09 Å². The summed E-state index contributed by atoms with van der Waals surface area (Å²) in [4.78, 5) is 13.8. The van der Waals surface area contributed by atoms with Crippen molar-refractivity contribution in [3.05, 3.63) is 18.0 Å². The molecule has 0 aromatic carbocycles. The lowest BCUT2D eigenvalue weighted by atomic mass is 9.97. The summed E-state index contributed by atoms with van der Waals surface area (Å²) in [7, 11) is 1.87. The Kier molecular flexibility index (Phi) is 4.53. The number of likely N-dealkylation sites (tertiary alicyclic amines) is 1. The van der Waals surface area contributed by atoms with Crippen molar-refractivity contribution in [3.8, 4) is 0 Å². The van der Waals surface area contributed by atoms with Crippen molar-refractivity contribution < 1.29 is 9.53 Å². The molecule has 118 valence electrons. The molecule has 0 spiro atoms. The summed E-state index contributed by atoms with van der Waals surface area (Å²) in [5.74, 6) is 5.92. The zero-order valence-corrected chi connectivity index (χ0v) is 13.2. The van der Waals surface area contributed by atoms with Crippen LogP contribution >= 0.6 is 0 Å². The van der Waals surface area contributed by atoms with Crippen LogP contribution in [-0.2, 0) is 11.8 Å². The maximum Gasteiger partial charge on any atom is 0.410 e. The Hall–Kier alpha value is -1.60. The number of nitrogens with two attached hydrogens (primary N) is 1. The number of hydrazine groups is 1. The van der Waals surface area contributed by atoms with Crippen molar-refractivity contribution in [3.63, 3.8) is 0 Å². The van der Waals surface area contributed by atoms with Crippen molar-refractivity contribution in [1.29, 1.82) is 0 Å². The minimum absolute atomic E-state index is 0.0568. The van der Waals surface area contributed by atoms with E-state index in [0.717, 1.165) is 12.1 Å². The summed E-state index contributed by atoms with van der Waals surface area (Å²) in [6, 6.07) is 1.89. The first kappa shape index (κ1) is 15.8. The smallest absolute Gasteiger partial charge is 0.410 e. The normalized spacial score (nSPS) is 20.6. The Morgan fingerprint density at radius 3 is 2.81 bits per heavy atom. The van der Waals surface area contributed by atoms with Crippen LogP contribution in [0.1, 0.15) is 38.9 Å². The zero-order valence-electron chi connectivity index (χ0n) is 13.2. The largest absolute Gasteiger partial charge is 0.444 e. The lowest BCUT2D eigenvalue weighted by molar-refractivity contribution is 0.0285. The number of amides is 1. The fourth-order valence-corrected chi connectivity index (χ4v) is 2.61. The van der Waals surface area contributed by atoms with E-state index in [1.54, 1.807) is 9.58 Å². The van der Waals surface area contributed by atoms with E-state index in [4.69, 9.17) is 10.6 Å². The molecule has 21 heavy (non-hydrogen) atoms. The van der Waals surface area contributed by atoms with Gasteiger partial charge in [-0.25, -0.2) is 4.79 Å². The van der Waals surface area contributed by atoms with E-state index in [-0.39, 0.29) is 18.1 Å². The van der Waals surface area contributed by atoms with Gasteiger partial charge in [-0.15, -0.1) is 0 Å². The SMILES string of the molecule is Cn1ccc(C(NN)C2CCN(C(=O)OC(C)(C)C)C2)n1. The molecule has 3 N–H and O–H groups in total. The molecule has 7 heteroatoms.